The second kappa shape index (κ2) is 6.23. The lowest BCUT2D eigenvalue weighted by atomic mass is 10.1. The molecule has 1 aliphatic rings. The smallest absolute Gasteiger partial charge is 0.252 e. The van der Waals surface area contributed by atoms with Crippen LogP contribution >= 0.6 is 11.6 Å². The van der Waals surface area contributed by atoms with Crippen molar-refractivity contribution in [3.8, 4) is 5.95 Å². The van der Waals surface area contributed by atoms with Crippen LogP contribution in [0.3, 0.4) is 0 Å². The summed E-state index contributed by atoms with van der Waals surface area (Å²) in [7, 11) is 0. The topological polar surface area (TPSA) is 85.6 Å². The van der Waals surface area contributed by atoms with Crippen LogP contribution < -0.4 is 5.32 Å². The van der Waals surface area contributed by atoms with Crippen LogP contribution in [0, 0.1) is 0 Å². The highest BCUT2D eigenvalue weighted by atomic mass is 35.5. The highest BCUT2D eigenvalue weighted by molar-refractivity contribution is 6.29. The van der Waals surface area contributed by atoms with Crippen molar-refractivity contribution in [2.24, 2.45) is 0 Å². The van der Waals surface area contributed by atoms with E-state index in [9.17, 15) is 9.18 Å². The third kappa shape index (κ3) is 3.49. The summed E-state index contributed by atoms with van der Waals surface area (Å²) >= 11 is 6.11. The summed E-state index contributed by atoms with van der Waals surface area (Å²) in [6.45, 7) is 4.23. The first-order valence-corrected chi connectivity index (χ1v) is 9.01. The van der Waals surface area contributed by atoms with Gasteiger partial charge in [-0.05, 0) is 26.7 Å². The predicted molar refractivity (Wildman–Crippen MR) is 99.9 cm³/mol. The van der Waals surface area contributed by atoms with Crippen LogP contribution in [0.5, 0.6) is 0 Å². The van der Waals surface area contributed by atoms with E-state index >= 15 is 0 Å². The zero-order valence-electron chi connectivity index (χ0n) is 15.1. The summed E-state index contributed by atoms with van der Waals surface area (Å²) in [5.74, 6) is 0.709. The monoisotopic (exact) mass is 388 g/mol. The summed E-state index contributed by atoms with van der Waals surface area (Å²) in [5.41, 5.74) is 0.0780. The van der Waals surface area contributed by atoms with Crippen molar-refractivity contribution in [1.29, 1.82) is 0 Å². The van der Waals surface area contributed by atoms with Gasteiger partial charge in [-0.15, -0.1) is 0 Å². The summed E-state index contributed by atoms with van der Waals surface area (Å²) < 4.78 is 16.0. The fourth-order valence-corrected chi connectivity index (χ4v) is 3.08. The Labute approximate surface area is 160 Å². The molecule has 1 amide bonds. The Morgan fingerprint density at radius 1 is 1.33 bits per heavy atom. The van der Waals surface area contributed by atoms with Crippen molar-refractivity contribution in [3.05, 3.63) is 34.9 Å². The maximum absolute atomic E-state index is 14.4. The molecule has 9 heteroatoms. The zero-order valence-corrected chi connectivity index (χ0v) is 15.9. The molecule has 3 aromatic heterocycles. The van der Waals surface area contributed by atoms with E-state index in [2.05, 4.69) is 25.4 Å². The van der Waals surface area contributed by atoms with Crippen LogP contribution in [0.2, 0.25) is 5.15 Å². The number of aromatic nitrogens is 5. The maximum atomic E-state index is 14.4. The number of hydrogen-bond acceptors (Lipinski definition) is 5. The lowest BCUT2D eigenvalue weighted by Gasteiger charge is -2.14. The number of anilines is 1. The number of amides is 1. The fourth-order valence-electron chi connectivity index (χ4n) is 2.90. The number of nitrogens with one attached hydrogen (secondary N) is 1. The third-order valence-electron chi connectivity index (χ3n) is 4.34. The standard InChI is InChI=1S/C18H18ClFN6O/c1-9(27)22-15-6-12-11(8-21-15)16(10-4-5-10)25-26(12)17-23-13(18(2,3)20)7-14(19)24-17/h6-8,10H,4-5H2,1-3H3,(H,21,22,27). The number of halogens is 2. The number of carbonyl (C=O) groups is 1. The maximum Gasteiger partial charge on any atom is 0.252 e. The Morgan fingerprint density at radius 2 is 2.07 bits per heavy atom. The first-order chi connectivity index (χ1) is 12.7. The van der Waals surface area contributed by atoms with Crippen molar-refractivity contribution in [2.75, 3.05) is 5.32 Å². The van der Waals surface area contributed by atoms with Gasteiger partial charge < -0.3 is 5.32 Å². The molecule has 0 spiro atoms. The Balaban J connectivity index is 1.93. The van der Waals surface area contributed by atoms with E-state index in [0.29, 0.717) is 17.3 Å². The zero-order chi connectivity index (χ0) is 19.3. The number of carbonyl (C=O) groups excluding carboxylic acids is 1. The van der Waals surface area contributed by atoms with Crippen molar-refractivity contribution in [2.45, 2.75) is 45.2 Å². The van der Waals surface area contributed by atoms with Gasteiger partial charge in [0.1, 0.15) is 16.6 Å². The van der Waals surface area contributed by atoms with Gasteiger partial charge in [-0.2, -0.15) is 14.8 Å². The lowest BCUT2D eigenvalue weighted by Crippen LogP contribution is -2.15. The van der Waals surface area contributed by atoms with E-state index < -0.39 is 5.67 Å². The quantitative estimate of drug-likeness (QED) is 0.685. The average molecular weight is 389 g/mol. The van der Waals surface area contributed by atoms with E-state index in [0.717, 1.165) is 23.9 Å². The molecule has 1 saturated carbocycles. The van der Waals surface area contributed by atoms with Gasteiger partial charge in [-0.3, -0.25) is 4.79 Å². The summed E-state index contributed by atoms with van der Waals surface area (Å²) in [6, 6.07) is 3.11. The average Bonchev–Trinajstić information content (AvgIpc) is 3.34. The van der Waals surface area contributed by atoms with Crippen LogP contribution in [0.25, 0.3) is 16.9 Å². The number of hydrogen-bond donors (Lipinski definition) is 1. The summed E-state index contributed by atoms with van der Waals surface area (Å²) in [6.07, 6.45) is 3.79. The van der Waals surface area contributed by atoms with Crippen molar-refractivity contribution < 1.29 is 9.18 Å². The Morgan fingerprint density at radius 3 is 2.70 bits per heavy atom. The van der Waals surface area contributed by atoms with Gasteiger partial charge in [0.15, 0.2) is 0 Å². The molecule has 1 fully saturated rings. The van der Waals surface area contributed by atoms with Crippen molar-refractivity contribution in [1.82, 2.24) is 24.7 Å². The van der Waals surface area contributed by atoms with Gasteiger partial charge in [0.2, 0.25) is 5.91 Å². The van der Waals surface area contributed by atoms with Crippen LogP contribution in [-0.4, -0.2) is 30.6 Å². The normalized spacial score (nSPS) is 14.6. The number of rotatable bonds is 4. The summed E-state index contributed by atoms with van der Waals surface area (Å²) in [5, 5.41) is 8.31. The molecule has 0 unspecified atom stereocenters. The largest absolute Gasteiger partial charge is 0.311 e. The molecule has 0 aromatic carbocycles. The number of fused-ring (bicyclic) bond motifs is 1. The van der Waals surface area contributed by atoms with Gasteiger partial charge in [0.05, 0.1) is 16.9 Å². The van der Waals surface area contributed by atoms with E-state index in [1.807, 2.05) is 0 Å². The highest BCUT2D eigenvalue weighted by Gasteiger charge is 2.30. The SMILES string of the molecule is CC(=O)Nc1cc2c(cn1)c(C1CC1)nn2-c1nc(Cl)cc(C(C)(C)F)n1. The molecule has 27 heavy (non-hydrogen) atoms. The summed E-state index contributed by atoms with van der Waals surface area (Å²) in [4.78, 5) is 24.2. The fraction of sp³-hybridized carbons (Fsp3) is 0.389. The van der Waals surface area contributed by atoms with Gasteiger partial charge in [0.25, 0.3) is 5.95 Å². The second-order valence-corrected chi connectivity index (χ2v) is 7.57. The van der Waals surface area contributed by atoms with Crippen molar-refractivity contribution >= 4 is 34.2 Å². The van der Waals surface area contributed by atoms with Gasteiger partial charge >= 0.3 is 0 Å². The van der Waals surface area contributed by atoms with Crippen LogP contribution in [0.1, 0.15) is 50.9 Å². The van der Waals surface area contributed by atoms with Gasteiger partial charge in [-0.1, -0.05) is 11.6 Å². The first-order valence-electron chi connectivity index (χ1n) is 8.63. The molecule has 1 aliphatic carbocycles. The lowest BCUT2D eigenvalue weighted by molar-refractivity contribution is -0.114. The van der Waals surface area contributed by atoms with Crippen LogP contribution in [0.4, 0.5) is 10.2 Å². The molecule has 0 atom stereocenters. The molecule has 3 aromatic rings. The highest BCUT2D eigenvalue weighted by Crippen LogP contribution is 2.43. The molecule has 7 nitrogen and oxygen atoms in total. The Hall–Kier alpha value is -2.61. The van der Waals surface area contributed by atoms with E-state index in [1.54, 1.807) is 12.3 Å². The minimum Gasteiger partial charge on any atom is -0.311 e. The molecule has 0 bridgehead atoms. The van der Waals surface area contributed by atoms with Crippen LogP contribution in [-0.2, 0) is 10.5 Å². The molecule has 4 rings (SSSR count). The third-order valence-corrected chi connectivity index (χ3v) is 4.54. The molecule has 0 aliphatic heterocycles. The number of pyridine rings is 1. The molecule has 0 saturated heterocycles. The first kappa shape index (κ1) is 17.8. The molecule has 3 heterocycles. The van der Waals surface area contributed by atoms with E-state index in [1.165, 1.54) is 31.5 Å². The molecule has 1 N–H and O–H groups in total. The van der Waals surface area contributed by atoms with Crippen LogP contribution in [0.15, 0.2) is 18.3 Å². The van der Waals surface area contributed by atoms with Gasteiger partial charge in [0, 0.05) is 36.6 Å². The Kier molecular flexibility index (Phi) is 4.10. The van der Waals surface area contributed by atoms with Crippen molar-refractivity contribution in [3.63, 3.8) is 0 Å². The Bertz CT molecular complexity index is 1050. The van der Waals surface area contributed by atoms with Gasteiger partial charge in [-0.25, -0.2) is 14.4 Å². The van der Waals surface area contributed by atoms with E-state index in [4.69, 9.17) is 11.6 Å². The minimum absolute atomic E-state index is 0.133. The predicted octanol–water partition coefficient (Wildman–Crippen LogP) is 3.90. The number of nitrogens with zero attached hydrogens (tertiary/aromatic N) is 5. The van der Waals surface area contributed by atoms with E-state index in [-0.39, 0.29) is 22.7 Å². The second-order valence-electron chi connectivity index (χ2n) is 7.19. The molecular formula is C18H18ClFN6O. The molecular weight excluding hydrogens is 371 g/mol. The molecule has 0 radical (unpaired) electrons. The number of alkyl halides is 1. The molecule has 140 valence electrons. The minimum atomic E-state index is -1.67.